The summed E-state index contributed by atoms with van der Waals surface area (Å²) < 4.78 is 4.90. The van der Waals surface area contributed by atoms with Crippen molar-refractivity contribution >= 4 is 5.97 Å². The number of unbranched alkanes of at least 4 members (excludes halogenated alkanes) is 2. The molecule has 112 valence electrons. The number of carbonyl (C=O) groups excluding carboxylic acids is 1. The number of aryl methyl sites for hydroxylation is 1. The molecule has 0 saturated carbocycles. The number of hydrogen-bond donors (Lipinski definition) is 1. The summed E-state index contributed by atoms with van der Waals surface area (Å²) in [6.07, 6.45) is 3.61. The van der Waals surface area contributed by atoms with Crippen molar-refractivity contribution in [1.82, 2.24) is 5.32 Å². The van der Waals surface area contributed by atoms with Gasteiger partial charge in [0, 0.05) is 12.5 Å². The first-order chi connectivity index (χ1) is 9.63. The Morgan fingerprint density at radius 2 is 1.90 bits per heavy atom. The lowest BCUT2D eigenvalue weighted by atomic mass is 10.1. The highest BCUT2D eigenvalue weighted by atomic mass is 16.5. The van der Waals surface area contributed by atoms with E-state index < -0.39 is 0 Å². The van der Waals surface area contributed by atoms with E-state index in [9.17, 15) is 4.79 Å². The first kappa shape index (κ1) is 16.7. The van der Waals surface area contributed by atoms with E-state index in [1.807, 2.05) is 6.92 Å². The fourth-order valence-corrected chi connectivity index (χ4v) is 2.10. The molecule has 0 amide bonds. The average Bonchev–Trinajstić information content (AvgIpc) is 2.43. The quantitative estimate of drug-likeness (QED) is 0.551. The van der Waals surface area contributed by atoms with Crippen LogP contribution in [-0.4, -0.2) is 19.1 Å². The third kappa shape index (κ3) is 6.71. The normalized spacial score (nSPS) is 12.2. The van der Waals surface area contributed by atoms with Crippen molar-refractivity contribution in [2.24, 2.45) is 0 Å². The van der Waals surface area contributed by atoms with Gasteiger partial charge in [-0.3, -0.25) is 4.79 Å². The Kier molecular flexibility index (Phi) is 7.97. The summed E-state index contributed by atoms with van der Waals surface area (Å²) in [5.41, 5.74) is 2.61. The molecule has 20 heavy (non-hydrogen) atoms. The molecule has 0 aliphatic rings. The fraction of sp³-hybridized carbons (Fsp3) is 0.588. The molecule has 1 atom stereocenters. The van der Waals surface area contributed by atoms with E-state index in [1.165, 1.54) is 11.1 Å². The van der Waals surface area contributed by atoms with Crippen molar-refractivity contribution in [2.45, 2.75) is 52.5 Å². The molecule has 1 rings (SSSR count). The molecular weight excluding hydrogens is 250 g/mol. The average molecular weight is 277 g/mol. The van der Waals surface area contributed by atoms with Crippen molar-refractivity contribution in [3.63, 3.8) is 0 Å². The molecule has 0 radical (unpaired) electrons. The third-order valence-electron chi connectivity index (χ3n) is 3.39. The maximum atomic E-state index is 11.2. The summed E-state index contributed by atoms with van der Waals surface area (Å²) in [7, 11) is 0. The zero-order valence-electron chi connectivity index (χ0n) is 12.9. The van der Waals surface area contributed by atoms with Crippen LogP contribution in [0.3, 0.4) is 0 Å². The fourth-order valence-electron chi connectivity index (χ4n) is 2.10. The van der Waals surface area contributed by atoms with E-state index in [0.29, 0.717) is 19.1 Å². The molecular formula is C17H27NO2. The van der Waals surface area contributed by atoms with Gasteiger partial charge in [0.25, 0.3) is 0 Å². The van der Waals surface area contributed by atoms with Crippen molar-refractivity contribution in [1.29, 1.82) is 0 Å². The highest BCUT2D eigenvalue weighted by Crippen LogP contribution is 2.13. The van der Waals surface area contributed by atoms with Gasteiger partial charge in [-0.2, -0.15) is 0 Å². The van der Waals surface area contributed by atoms with Crippen LogP contribution in [0.15, 0.2) is 24.3 Å². The van der Waals surface area contributed by atoms with E-state index in [0.717, 1.165) is 25.8 Å². The van der Waals surface area contributed by atoms with E-state index in [2.05, 4.69) is 43.4 Å². The second-order valence-electron chi connectivity index (χ2n) is 5.20. The van der Waals surface area contributed by atoms with Gasteiger partial charge in [-0.1, -0.05) is 36.2 Å². The van der Waals surface area contributed by atoms with E-state index >= 15 is 0 Å². The van der Waals surface area contributed by atoms with Gasteiger partial charge in [0.1, 0.15) is 0 Å². The second-order valence-corrected chi connectivity index (χ2v) is 5.20. The molecule has 3 heteroatoms. The Balaban J connectivity index is 2.09. The Morgan fingerprint density at radius 3 is 2.55 bits per heavy atom. The largest absolute Gasteiger partial charge is 0.466 e. The Hall–Kier alpha value is -1.35. The standard InChI is InChI=1S/C17H27NO2/c1-4-20-17(19)8-6-5-7-13-18-15(3)16-11-9-14(2)10-12-16/h9-12,15,18H,4-8,13H2,1-3H3. The molecule has 0 aliphatic carbocycles. The van der Waals surface area contributed by atoms with Gasteiger partial charge in [-0.25, -0.2) is 0 Å². The van der Waals surface area contributed by atoms with Crippen LogP contribution >= 0.6 is 0 Å². The lowest BCUT2D eigenvalue weighted by molar-refractivity contribution is -0.143. The van der Waals surface area contributed by atoms with Gasteiger partial charge < -0.3 is 10.1 Å². The zero-order valence-corrected chi connectivity index (χ0v) is 12.9. The van der Waals surface area contributed by atoms with Crippen LogP contribution in [0.1, 0.15) is 56.7 Å². The van der Waals surface area contributed by atoms with Crippen LogP contribution in [0, 0.1) is 6.92 Å². The van der Waals surface area contributed by atoms with E-state index in [1.54, 1.807) is 0 Å². The summed E-state index contributed by atoms with van der Waals surface area (Å²) in [5.74, 6) is -0.0755. The third-order valence-corrected chi connectivity index (χ3v) is 3.39. The van der Waals surface area contributed by atoms with Crippen molar-refractivity contribution in [2.75, 3.05) is 13.2 Å². The zero-order chi connectivity index (χ0) is 14.8. The number of carbonyl (C=O) groups is 1. The van der Waals surface area contributed by atoms with Gasteiger partial charge in [0.05, 0.1) is 6.61 Å². The molecule has 1 unspecified atom stereocenters. The highest BCUT2D eigenvalue weighted by Gasteiger charge is 2.04. The lowest BCUT2D eigenvalue weighted by Gasteiger charge is -2.14. The molecule has 0 spiro atoms. The van der Waals surface area contributed by atoms with Crippen LogP contribution < -0.4 is 5.32 Å². The molecule has 0 saturated heterocycles. The smallest absolute Gasteiger partial charge is 0.305 e. The number of ether oxygens (including phenoxy) is 1. The molecule has 0 aliphatic heterocycles. The van der Waals surface area contributed by atoms with Crippen molar-refractivity contribution in [3.05, 3.63) is 35.4 Å². The predicted octanol–water partition coefficient (Wildman–Crippen LogP) is 3.77. The molecule has 1 aromatic rings. The Morgan fingerprint density at radius 1 is 1.20 bits per heavy atom. The van der Waals surface area contributed by atoms with E-state index in [-0.39, 0.29) is 5.97 Å². The van der Waals surface area contributed by atoms with Gasteiger partial charge in [-0.05, 0) is 45.7 Å². The van der Waals surface area contributed by atoms with Gasteiger partial charge >= 0.3 is 5.97 Å². The molecule has 0 aromatic heterocycles. The molecule has 1 N–H and O–H groups in total. The topological polar surface area (TPSA) is 38.3 Å². The van der Waals surface area contributed by atoms with Gasteiger partial charge in [0.2, 0.25) is 0 Å². The number of hydrogen-bond acceptors (Lipinski definition) is 3. The van der Waals surface area contributed by atoms with Gasteiger partial charge in [-0.15, -0.1) is 0 Å². The lowest BCUT2D eigenvalue weighted by Crippen LogP contribution is -2.19. The first-order valence-corrected chi connectivity index (χ1v) is 7.59. The summed E-state index contributed by atoms with van der Waals surface area (Å²) in [5, 5.41) is 3.52. The molecule has 1 aromatic carbocycles. The maximum Gasteiger partial charge on any atom is 0.305 e. The molecule has 0 heterocycles. The SMILES string of the molecule is CCOC(=O)CCCCCNC(C)c1ccc(C)cc1. The Bertz CT molecular complexity index is 386. The van der Waals surface area contributed by atoms with Crippen LogP contribution in [0.2, 0.25) is 0 Å². The second kappa shape index (κ2) is 9.54. The number of nitrogens with one attached hydrogen (secondary N) is 1. The summed E-state index contributed by atoms with van der Waals surface area (Å²) in [4.78, 5) is 11.2. The van der Waals surface area contributed by atoms with Crippen LogP contribution in [0.4, 0.5) is 0 Å². The number of esters is 1. The molecule has 0 fully saturated rings. The van der Waals surface area contributed by atoms with Crippen molar-refractivity contribution < 1.29 is 9.53 Å². The summed E-state index contributed by atoms with van der Waals surface area (Å²) in [6, 6.07) is 9.02. The number of rotatable bonds is 9. The van der Waals surface area contributed by atoms with Crippen LogP contribution in [0.5, 0.6) is 0 Å². The van der Waals surface area contributed by atoms with Gasteiger partial charge in [0.15, 0.2) is 0 Å². The minimum atomic E-state index is -0.0755. The van der Waals surface area contributed by atoms with Crippen LogP contribution in [-0.2, 0) is 9.53 Å². The minimum absolute atomic E-state index is 0.0755. The maximum absolute atomic E-state index is 11.2. The van der Waals surface area contributed by atoms with E-state index in [4.69, 9.17) is 4.74 Å². The summed E-state index contributed by atoms with van der Waals surface area (Å²) >= 11 is 0. The minimum Gasteiger partial charge on any atom is -0.466 e. The predicted molar refractivity (Wildman–Crippen MR) is 82.7 cm³/mol. The number of benzene rings is 1. The first-order valence-electron chi connectivity index (χ1n) is 7.59. The van der Waals surface area contributed by atoms with Crippen molar-refractivity contribution in [3.8, 4) is 0 Å². The molecule has 3 nitrogen and oxygen atoms in total. The van der Waals surface area contributed by atoms with Crippen LogP contribution in [0.25, 0.3) is 0 Å². The molecule has 0 bridgehead atoms. The highest BCUT2D eigenvalue weighted by molar-refractivity contribution is 5.69. The summed E-state index contributed by atoms with van der Waals surface area (Å²) in [6.45, 7) is 7.59. The monoisotopic (exact) mass is 277 g/mol. The Labute approximate surface area is 122 Å².